The molecule has 5 nitrogen and oxygen atoms in total. The van der Waals surface area contributed by atoms with Crippen LogP contribution in [0.2, 0.25) is 0 Å². The minimum atomic E-state index is -0.246. The van der Waals surface area contributed by atoms with Crippen molar-refractivity contribution in [3.05, 3.63) is 23.7 Å². The Labute approximate surface area is 130 Å². The van der Waals surface area contributed by atoms with Crippen molar-refractivity contribution in [1.82, 2.24) is 4.90 Å². The number of carbonyl (C=O) groups is 2. The van der Waals surface area contributed by atoms with E-state index in [0.29, 0.717) is 44.7 Å². The van der Waals surface area contributed by atoms with Crippen LogP contribution in [0.4, 0.5) is 0 Å². The van der Waals surface area contributed by atoms with Crippen LogP contribution in [0.5, 0.6) is 0 Å². The predicted molar refractivity (Wildman–Crippen MR) is 82.0 cm³/mol. The molecule has 22 heavy (non-hydrogen) atoms. The summed E-state index contributed by atoms with van der Waals surface area (Å²) >= 11 is 0. The van der Waals surface area contributed by atoms with E-state index in [-0.39, 0.29) is 17.7 Å². The van der Waals surface area contributed by atoms with E-state index in [1.54, 1.807) is 0 Å². The number of rotatable bonds is 5. The minimum Gasteiger partial charge on any atom is -0.466 e. The van der Waals surface area contributed by atoms with E-state index < -0.39 is 0 Å². The maximum atomic E-state index is 12.2. The number of amides is 2. The molecular weight excluding hydrogens is 280 g/mol. The number of nitrogens with zero attached hydrogens (tertiary/aromatic N) is 1. The van der Waals surface area contributed by atoms with E-state index in [0.717, 1.165) is 17.4 Å². The molecule has 1 saturated heterocycles. The van der Waals surface area contributed by atoms with Crippen molar-refractivity contribution in [2.24, 2.45) is 17.6 Å². The quantitative estimate of drug-likeness (QED) is 0.904. The van der Waals surface area contributed by atoms with Crippen LogP contribution in [0.25, 0.3) is 0 Å². The second kappa shape index (κ2) is 6.15. The molecule has 1 aliphatic carbocycles. The summed E-state index contributed by atoms with van der Waals surface area (Å²) in [6, 6.07) is 4.04. The Morgan fingerprint density at radius 3 is 2.59 bits per heavy atom. The van der Waals surface area contributed by atoms with Crippen LogP contribution in [-0.4, -0.2) is 29.8 Å². The van der Waals surface area contributed by atoms with Crippen LogP contribution in [0.1, 0.15) is 50.0 Å². The summed E-state index contributed by atoms with van der Waals surface area (Å²) in [6.45, 7) is 3.50. The lowest BCUT2D eigenvalue weighted by atomic mass is 9.96. The number of aryl methyl sites for hydroxylation is 1. The topological polar surface area (TPSA) is 76.5 Å². The van der Waals surface area contributed by atoms with E-state index in [4.69, 9.17) is 10.2 Å². The minimum absolute atomic E-state index is 0.0720. The Morgan fingerprint density at radius 2 is 2.00 bits per heavy atom. The van der Waals surface area contributed by atoms with Gasteiger partial charge in [-0.2, -0.15) is 0 Å². The van der Waals surface area contributed by atoms with Gasteiger partial charge in [0.15, 0.2) is 0 Å². The van der Waals surface area contributed by atoms with Gasteiger partial charge in [-0.15, -0.1) is 0 Å². The number of hydrogen-bond donors (Lipinski definition) is 1. The van der Waals surface area contributed by atoms with Crippen LogP contribution in [0, 0.1) is 11.8 Å². The van der Waals surface area contributed by atoms with Gasteiger partial charge in [0.2, 0.25) is 11.8 Å². The zero-order chi connectivity index (χ0) is 15.7. The molecule has 2 N–H and O–H groups in total. The molecule has 1 aliphatic heterocycles. The Bertz CT molecular complexity index is 558. The maximum absolute atomic E-state index is 12.2. The molecule has 0 bridgehead atoms. The third kappa shape index (κ3) is 3.34. The summed E-state index contributed by atoms with van der Waals surface area (Å²) in [5.41, 5.74) is 5.31. The predicted octanol–water partition coefficient (Wildman–Crippen LogP) is 2.06. The molecule has 2 atom stereocenters. The van der Waals surface area contributed by atoms with Gasteiger partial charge in [0.1, 0.15) is 11.5 Å². The fourth-order valence-corrected chi connectivity index (χ4v) is 3.25. The maximum Gasteiger partial charge on any atom is 0.223 e. The highest BCUT2D eigenvalue weighted by atomic mass is 16.3. The molecule has 3 rings (SSSR count). The third-order valence-corrected chi connectivity index (χ3v) is 4.99. The fraction of sp³-hybridized carbons (Fsp3) is 0.647. The first-order valence-electron chi connectivity index (χ1n) is 8.20. The van der Waals surface area contributed by atoms with Crippen molar-refractivity contribution in [3.8, 4) is 0 Å². The molecule has 5 heteroatoms. The van der Waals surface area contributed by atoms with Gasteiger partial charge in [0.25, 0.3) is 0 Å². The number of likely N-dealkylation sites (tertiary alicyclic amines) is 1. The Morgan fingerprint density at radius 1 is 1.32 bits per heavy atom. The molecule has 0 spiro atoms. The van der Waals surface area contributed by atoms with Crippen molar-refractivity contribution in [1.29, 1.82) is 0 Å². The van der Waals surface area contributed by atoms with E-state index in [1.165, 1.54) is 6.42 Å². The molecule has 1 aromatic rings. The summed E-state index contributed by atoms with van der Waals surface area (Å²) in [7, 11) is 0. The molecule has 2 amide bonds. The average molecular weight is 304 g/mol. The summed E-state index contributed by atoms with van der Waals surface area (Å²) < 4.78 is 5.83. The highest BCUT2D eigenvalue weighted by Gasteiger charge is 2.36. The van der Waals surface area contributed by atoms with Crippen LogP contribution >= 0.6 is 0 Å². The summed E-state index contributed by atoms with van der Waals surface area (Å²) in [6.07, 6.45) is 3.70. The normalized spacial score (nSPS) is 25.2. The number of nitrogens with two attached hydrogens (primary N) is 1. The zero-order valence-corrected chi connectivity index (χ0v) is 13.1. The number of carbonyl (C=O) groups excluding carboxylic acids is 2. The van der Waals surface area contributed by atoms with Crippen LogP contribution in [0.15, 0.2) is 16.5 Å². The van der Waals surface area contributed by atoms with Gasteiger partial charge in [-0.3, -0.25) is 9.59 Å². The van der Waals surface area contributed by atoms with E-state index in [9.17, 15) is 9.59 Å². The van der Waals surface area contributed by atoms with Gasteiger partial charge >= 0.3 is 0 Å². The smallest absolute Gasteiger partial charge is 0.223 e. The Hall–Kier alpha value is -1.78. The molecular formula is C17H24N2O3. The lowest BCUT2D eigenvalue weighted by Crippen LogP contribution is -2.41. The summed E-state index contributed by atoms with van der Waals surface area (Å²) in [5.74, 6) is 3.10. The highest BCUT2D eigenvalue weighted by molar-refractivity contribution is 5.78. The standard InChI is InChI=1S/C17H24N2O3/c1-11-10-14(11)15-4-2-13(22-15)3-5-16(20)19-8-6-12(7-9-19)17(18)21/h2,4,11-12,14H,3,5-10H2,1H3,(H2,18,21)/t11-,14+/m0/s1. The first-order valence-corrected chi connectivity index (χ1v) is 8.20. The van der Waals surface area contributed by atoms with Gasteiger partial charge in [-0.05, 0) is 37.3 Å². The van der Waals surface area contributed by atoms with Crippen molar-refractivity contribution < 1.29 is 14.0 Å². The monoisotopic (exact) mass is 304 g/mol. The summed E-state index contributed by atoms with van der Waals surface area (Å²) in [5, 5.41) is 0. The van der Waals surface area contributed by atoms with E-state index in [1.807, 2.05) is 17.0 Å². The van der Waals surface area contributed by atoms with Crippen LogP contribution in [-0.2, 0) is 16.0 Å². The summed E-state index contributed by atoms with van der Waals surface area (Å²) in [4.78, 5) is 25.2. The van der Waals surface area contributed by atoms with Crippen LogP contribution in [0.3, 0.4) is 0 Å². The van der Waals surface area contributed by atoms with Gasteiger partial charge in [0.05, 0.1) is 0 Å². The first kappa shape index (κ1) is 15.1. The van der Waals surface area contributed by atoms with Gasteiger partial charge in [-0.25, -0.2) is 0 Å². The second-order valence-electron chi connectivity index (χ2n) is 6.68. The third-order valence-electron chi connectivity index (χ3n) is 4.99. The molecule has 1 saturated carbocycles. The molecule has 2 heterocycles. The molecule has 2 aliphatic rings. The number of primary amides is 1. The van der Waals surface area contributed by atoms with Crippen molar-refractivity contribution >= 4 is 11.8 Å². The van der Waals surface area contributed by atoms with Crippen molar-refractivity contribution in [2.75, 3.05) is 13.1 Å². The largest absolute Gasteiger partial charge is 0.466 e. The van der Waals surface area contributed by atoms with E-state index >= 15 is 0 Å². The average Bonchev–Trinajstić information content (AvgIpc) is 3.06. The fourth-order valence-electron chi connectivity index (χ4n) is 3.25. The number of furan rings is 1. The Balaban J connectivity index is 1.44. The molecule has 2 fully saturated rings. The lowest BCUT2D eigenvalue weighted by molar-refractivity contribution is -0.134. The Kier molecular flexibility index (Phi) is 4.23. The highest BCUT2D eigenvalue weighted by Crippen LogP contribution is 2.47. The molecule has 0 unspecified atom stereocenters. The molecule has 0 aromatic carbocycles. The van der Waals surface area contributed by atoms with Gasteiger partial charge < -0.3 is 15.1 Å². The van der Waals surface area contributed by atoms with Gasteiger partial charge in [-0.1, -0.05) is 6.92 Å². The number of hydrogen-bond acceptors (Lipinski definition) is 3. The lowest BCUT2D eigenvalue weighted by Gasteiger charge is -2.30. The van der Waals surface area contributed by atoms with Crippen molar-refractivity contribution in [3.63, 3.8) is 0 Å². The zero-order valence-electron chi connectivity index (χ0n) is 13.1. The first-order chi connectivity index (χ1) is 10.5. The number of piperidine rings is 1. The van der Waals surface area contributed by atoms with E-state index in [2.05, 4.69) is 6.92 Å². The van der Waals surface area contributed by atoms with Crippen LogP contribution < -0.4 is 5.73 Å². The molecule has 1 aromatic heterocycles. The van der Waals surface area contributed by atoms with Crippen molar-refractivity contribution in [2.45, 2.75) is 44.9 Å². The molecule has 0 radical (unpaired) electrons. The van der Waals surface area contributed by atoms with Gasteiger partial charge in [0, 0.05) is 37.8 Å². The molecule has 120 valence electrons. The second-order valence-corrected chi connectivity index (χ2v) is 6.68. The SMILES string of the molecule is C[C@H]1C[C@H]1c1ccc(CCC(=O)N2CCC(C(N)=O)CC2)o1.